The summed E-state index contributed by atoms with van der Waals surface area (Å²) in [6, 6.07) is 13.0. The number of hydrogen-bond acceptors (Lipinski definition) is 2. The molecule has 1 aliphatic rings. The molecular weight excluding hydrogens is 310 g/mol. The Hall–Kier alpha value is -2.43. The van der Waals surface area contributed by atoms with E-state index in [1.807, 2.05) is 4.90 Å². The highest BCUT2D eigenvalue weighted by Gasteiger charge is 2.21. The lowest BCUT2D eigenvalue weighted by atomic mass is 10.1. The summed E-state index contributed by atoms with van der Waals surface area (Å²) in [5.41, 5.74) is 1.55. The molecule has 5 heteroatoms. The molecule has 0 aliphatic carbocycles. The number of benzene rings is 2. The SMILES string of the molecule is O=C(CCc1ccccc1F)N1CCN(c2ccc(F)cc2)CC1. The summed E-state index contributed by atoms with van der Waals surface area (Å²) in [6.07, 6.45) is 0.737. The van der Waals surface area contributed by atoms with Crippen molar-refractivity contribution in [3.05, 3.63) is 65.7 Å². The van der Waals surface area contributed by atoms with Gasteiger partial charge in [-0.1, -0.05) is 18.2 Å². The molecule has 3 rings (SSSR count). The molecule has 1 heterocycles. The molecule has 1 saturated heterocycles. The van der Waals surface area contributed by atoms with Crippen LogP contribution in [0.5, 0.6) is 0 Å². The average molecular weight is 330 g/mol. The molecule has 126 valence electrons. The van der Waals surface area contributed by atoms with Crippen LogP contribution in [0.4, 0.5) is 14.5 Å². The van der Waals surface area contributed by atoms with Crippen molar-refractivity contribution in [3.63, 3.8) is 0 Å². The Balaban J connectivity index is 1.50. The van der Waals surface area contributed by atoms with Crippen LogP contribution in [-0.2, 0) is 11.2 Å². The van der Waals surface area contributed by atoms with Gasteiger partial charge in [-0.05, 0) is 42.3 Å². The molecule has 3 nitrogen and oxygen atoms in total. The van der Waals surface area contributed by atoms with Crippen LogP contribution >= 0.6 is 0 Å². The molecular formula is C19H20F2N2O. The highest BCUT2D eigenvalue weighted by atomic mass is 19.1. The number of carbonyl (C=O) groups excluding carboxylic acids is 1. The fourth-order valence-corrected chi connectivity index (χ4v) is 2.97. The number of piperazine rings is 1. The van der Waals surface area contributed by atoms with Gasteiger partial charge in [0, 0.05) is 38.3 Å². The fraction of sp³-hybridized carbons (Fsp3) is 0.316. The number of rotatable bonds is 4. The lowest BCUT2D eigenvalue weighted by Crippen LogP contribution is -2.48. The maximum atomic E-state index is 13.6. The predicted octanol–water partition coefficient (Wildman–Crippen LogP) is 3.25. The van der Waals surface area contributed by atoms with E-state index in [-0.39, 0.29) is 17.5 Å². The quantitative estimate of drug-likeness (QED) is 0.859. The van der Waals surface area contributed by atoms with Gasteiger partial charge in [0.25, 0.3) is 0 Å². The summed E-state index contributed by atoms with van der Waals surface area (Å²) in [5, 5.41) is 0. The zero-order chi connectivity index (χ0) is 16.9. The number of halogens is 2. The van der Waals surface area contributed by atoms with Gasteiger partial charge < -0.3 is 9.80 Å². The largest absolute Gasteiger partial charge is 0.368 e. The van der Waals surface area contributed by atoms with Crippen molar-refractivity contribution in [3.8, 4) is 0 Å². The van der Waals surface area contributed by atoms with E-state index in [1.165, 1.54) is 18.2 Å². The molecule has 0 N–H and O–H groups in total. The van der Waals surface area contributed by atoms with Crippen molar-refractivity contribution in [2.75, 3.05) is 31.1 Å². The van der Waals surface area contributed by atoms with Crippen molar-refractivity contribution in [1.82, 2.24) is 4.90 Å². The van der Waals surface area contributed by atoms with Crippen LogP contribution in [0.3, 0.4) is 0 Å². The van der Waals surface area contributed by atoms with Gasteiger partial charge in [-0.3, -0.25) is 4.79 Å². The summed E-state index contributed by atoms with van der Waals surface area (Å²) in [5.74, 6) is -0.454. The molecule has 1 fully saturated rings. The molecule has 2 aromatic rings. The first kappa shape index (κ1) is 16.4. The maximum absolute atomic E-state index is 13.6. The molecule has 0 spiro atoms. The molecule has 0 bridgehead atoms. The number of anilines is 1. The van der Waals surface area contributed by atoms with Crippen LogP contribution in [0.25, 0.3) is 0 Å². The van der Waals surface area contributed by atoms with E-state index in [9.17, 15) is 13.6 Å². The zero-order valence-electron chi connectivity index (χ0n) is 13.4. The summed E-state index contributed by atoms with van der Waals surface area (Å²) >= 11 is 0. The highest BCUT2D eigenvalue weighted by Crippen LogP contribution is 2.17. The second-order valence-electron chi connectivity index (χ2n) is 5.94. The van der Waals surface area contributed by atoms with Crippen molar-refractivity contribution in [2.24, 2.45) is 0 Å². The molecule has 1 aliphatic heterocycles. The van der Waals surface area contributed by atoms with E-state index in [2.05, 4.69) is 4.90 Å². The van der Waals surface area contributed by atoms with Gasteiger partial charge in [0.1, 0.15) is 11.6 Å². The van der Waals surface area contributed by atoms with Crippen LogP contribution in [-0.4, -0.2) is 37.0 Å². The third kappa shape index (κ3) is 3.91. The lowest BCUT2D eigenvalue weighted by Gasteiger charge is -2.36. The van der Waals surface area contributed by atoms with Gasteiger partial charge in [-0.25, -0.2) is 8.78 Å². The maximum Gasteiger partial charge on any atom is 0.223 e. The Morgan fingerprint density at radius 1 is 0.917 bits per heavy atom. The van der Waals surface area contributed by atoms with Crippen LogP contribution in [0.1, 0.15) is 12.0 Å². The molecule has 24 heavy (non-hydrogen) atoms. The van der Waals surface area contributed by atoms with Gasteiger partial charge in [0.05, 0.1) is 0 Å². The molecule has 0 radical (unpaired) electrons. The summed E-state index contributed by atoms with van der Waals surface area (Å²) in [4.78, 5) is 16.3. The molecule has 0 saturated carbocycles. The Labute approximate surface area is 140 Å². The second-order valence-corrected chi connectivity index (χ2v) is 5.94. The number of aryl methyl sites for hydroxylation is 1. The van der Waals surface area contributed by atoms with Gasteiger partial charge in [0.15, 0.2) is 0 Å². The summed E-state index contributed by atoms with van der Waals surface area (Å²) in [6.45, 7) is 2.70. The van der Waals surface area contributed by atoms with E-state index in [0.29, 0.717) is 31.5 Å². The van der Waals surface area contributed by atoms with Crippen molar-refractivity contribution >= 4 is 11.6 Å². The van der Waals surface area contributed by atoms with Crippen molar-refractivity contribution < 1.29 is 13.6 Å². The predicted molar refractivity (Wildman–Crippen MR) is 89.9 cm³/mol. The average Bonchev–Trinajstić information content (AvgIpc) is 2.62. The van der Waals surface area contributed by atoms with Crippen LogP contribution in [0.15, 0.2) is 48.5 Å². The van der Waals surface area contributed by atoms with E-state index in [0.717, 1.165) is 18.8 Å². The lowest BCUT2D eigenvalue weighted by molar-refractivity contribution is -0.131. The Morgan fingerprint density at radius 3 is 2.25 bits per heavy atom. The van der Waals surface area contributed by atoms with Crippen molar-refractivity contribution in [1.29, 1.82) is 0 Å². The zero-order valence-corrected chi connectivity index (χ0v) is 13.4. The van der Waals surface area contributed by atoms with E-state index >= 15 is 0 Å². The van der Waals surface area contributed by atoms with E-state index in [1.54, 1.807) is 30.3 Å². The van der Waals surface area contributed by atoms with Gasteiger partial charge in [-0.2, -0.15) is 0 Å². The second kappa shape index (κ2) is 7.43. The number of amides is 1. The minimum Gasteiger partial charge on any atom is -0.368 e. The summed E-state index contributed by atoms with van der Waals surface area (Å²) < 4.78 is 26.6. The molecule has 0 unspecified atom stereocenters. The van der Waals surface area contributed by atoms with Crippen molar-refractivity contribution in [2.45, 2.75) is 12.8 Å². The Morgan fingerprint density at radius 2 is 1.58 bits per heavy atom. The van der Waals surface area contributed by atoms with Crippen LogP contribution in [0.2, 0.25) is 0 Å². The number of hydrogen-bond donors (Lipinski definition) is 0. The standard InChI is InChI=1S/C19H20F2N2O/c20-16-6-8-17(9-7-16)22-11-13-23(14-12-22)19(24)10-5-15-3-1-2-4-18(15)21/h1-4,6-9H,5,10-14H2. The first-order valence-corrected chi connectivity index (χ1v) is 8.15. The number of carbonyl (C=O) groups is 1. The summed E-state index contributed by atoms with van der Waals surface area (Å²) in [7, 11) is 0. The minimum atomic E-state index is -0.258. The fourth-order valence-electron chi connectivity index (χ4n) is 2.97. The van der Waals surface area contributed by atoms with Gasteiger partial charge in [0.2, 0.25) is 5.91 Å². The highest BCUT2D eigenvalue weighted by molar-refractivity contribution is 5.76. The third-order valence-electron chi connectivity index (χ3n) is 4.39. The number of nitrogens with zero attached hydrogens (tertiary/aromatic N) is 2. The van der Waals surface area contributed by atoms with Crippen LogP contribution < -0.4 is 4.90 Å². The monoisotopic (exact) mass is 330 g/mol. The topological polar surface area (TPSA) is 23.6 Å². The first-order chi connectivity index (χ1) is 11.6. The Kier molecular flexibility index (Phi) is 5.08. The van der Waals surface area contributed by atoms with E-state index in [4.69, 9.17) is 0 Å². The first-order valence-electron chi connectivity index (χ1n) is 8.15. The normalized spacial score (nSPS) is 14.8. The van der Waals surface area contributed by atoms with Gasteiger partial charge >= 0.3 is 0 Å². The third-order valence-corrected chi connectivity index (χ3v) is 4.39. The smallest absolute Gasteiger partial charge is 0.223 e. The minimum absolute atomic E-state index is 0.0528. The van der Waals surface area contributed by atoms with Gasteiger partial charge in [-0.15, -0.1) is 0 Å². The van der Waals surface area contributed by atoms with E-state index < -0.39 is 0 Å². The molecule has 0 atom stereocenters. The molecule has 0 aromatic heterocycles. The molecule has 1 amide bonds. The molecule has 2 aromatic carbocycles. The van der Waals surface area contributed by atoms with Crippen LogP contribution in [0, 0.1) is 11.6 Å². The Bertz CT molecular complexity index is 695.